The Kier molecular flexibility index (Phi) is 2.71. The van der Waals surface area contributed by atoms with Crippen molar-refractivity contribution in [1.29, 1.82) is 0 Å². The minimum atomic E-state index is 0.252. The van der Waals surface area contributed by atoms with E-state index in [9.17, 15) is 0 Å². The summed E-state index contributed by atoms with van der Waals surface area (Å²) < 4.78 is 5.66. The first kappa shape index (κ1) is 10.1. The molecule has 3 aliphatic rings. The van der Waals surface area contributed by atoms with Crippen molar-refractivity contribution < 1.29 is 4.74 Å². The lowest BCUT2D eigenvalue weighted by molar-refractivity contribution is 0.0180. The maximum absolute atomic E-state index is 5.66. The number of hydrogen-bond acceptors (Lipinski definition) is 3. The van der Waals surface area contributed by atoms with Crippen LogP contribution in [0.2, 0.25) is 0 Å². The van der Waals surface area contributed by atoms with E-state index in [1.54, 1.807) is 0 Å². The van der Waals surface area contributed by atoms with E-state index in [1.807, 2.05) is 0 Å². The molecule has 86 valence electrons. The first-order chi connectivity index (χ1) is 7.38. The summed E-state index contributed by atoms with van der Waals surface area (Å²) in [6, 6.07) is 0.752. The highest BCUT2D eigenvalue weighted by atomic mass is 16.5. The topological polar surface area (TPSA) is 33.3 Å². The molecular formula is C12H22N2O. The molecule has 3 nitrogen and oxygen atoms in total. The summed E-state index contributed by atoms with van der Waals surface area (Å²) in [6.45, 7) is 4.17. The van der Waals surface area contributed by atoms with Crippen molar-refractivity contribution in [1.82, 2.24) is 10.6 Å². The maximum atomic E-state index is 5.66. The fourth-order valence-electron chi connectivity index (χ4n) is 3.52. The van der Waals surface area contributed by atoms with Crippen molar-refractivity contribution in [3.05, 3.63) is 0 Å². The zero-order valence-corrected chi connectivity index (χ0v) is 9.43. The molecule has 0 aromatic heterocycles. The Balaban J connectivity index is 1.73. The van der Waals surface area contributed by atoms with Crippen molar-refractivity contribution >= 4 is 0 Å². The minimum absolute atomic E-state index is 0.252. The Morgan fingerprint density at radius 1 is 1.20 bits per heavy atom. The third-order valence-electron chi connectivity index (χ3n) is 4.34. The molecule has 3 atom stereocenters. The van der Waals surface area contributed by atoms with Crippen LogP contribution in [0.3, 0.4) is 0 Å². The van der Waals surface area contributed by atoms with Crippen LogP contribution in [-0.2, 0) is 4.74 Å². The average molecular weight is 210 g/mol. The molecule has 0 radical (unpaired) electrons. The van der Waals surface area contributed by atoms with Gasteiger partial charge in [-0.2, -0.15) is 0 Å². The van der Waals surface area contributed by atoms with Gasteiger partial charge in [-0.25, -0.2) is 0 Å². The second kappa shape index (κ2) is 4.04. The third-order valence-corrected chi connectivity index (χ3v) is 4.34. The zero-order chi connectivity index (χ0) is 10.1. The first-order valence-electron chi connectivity index (χ1n) is 6.44. The van der Waals surface area contributed by atoms with Gasteiger partial charge in [0.2, 0.25) is 0 Å². The quantitative estimate of drug-likeness (QED) is 0.623. The summed E-state index contributed by atoms with van der Waals surface area (Å²) in [5, 5.41) is 7.54. The van der Waals surface area contributed by atoms with Crippen LogP contribution in [0, 0.1) is 5.92 Å². The molecule has 0 aromatic rings. The lowest BCUT2D eigenvalue weighted by atomic mass is 9.91. The maximum Gasteiger partial charge on any atom is 0.0660 e. The molecule has 3 rings (SSSR count). The largest absolute Gasteiger partial charge is 0.379 e. The fourth-order valence-corrected chi connectivity index (χ4v) is 3.52. The van der Waals surface area contributed by atoms with Crippen molar-refractivity contribution in [3.63, 3.8) is 0 Å². The minimum Gasteiger partial charge on any atom is -0.379 e. The van der Waals surface area contributed by atoms with Gasteiger partial charge in [0.25, 0.3) is 0 Å². The summed E-state index contributed by atoms with van der Waals surface area (Å²) in [6.07, 6.45) is 6.67. The molecule has 2 heterocycles. The summed E-state index contributed by atoms with van der Waals surface area (Å²) in [4.78, 5) is 0. The van der Waals surface area contributed by atoms with E-state index in [0.717, 1.165) is 31.7 Å². The SMILES string of the molecule is C1CC2CNCC3(CCCOC3)NC2C1. The van der Waals surface area contributed by atoms with E-state index in [1.165, 1.54) is 38.6 Å². The third kappa shape index (κ3) is 1.93. The van der Waals surface area contributed by atoms with Crippen LogP contribution in [-0.4, -0.2) is 37.9 Å². The van der Waals surface area contributed by atoms with E-state index in [2.05, 4.69) is 10.6 Å². The normalized spacial score (nSPS) is 46.4. The van der Waals surface area contributed by atoms with Crippen LogP contribution in [0.4, 0.5) is 0 Å². The van der Waals surface area contributed by atoms with E-state index in [0.29, 0.717) is 0 Å². The predicted molar refractivity (Wildman–Crippen MR) is 59.9 cm³/mol. The molecule has 1 aliphatic carbocycles. The van der Waals surface area contributed by atoms with Crippen LogP contribution in [0.25, 0.3) is 0 Å². The number of ether oxygens (including phenoxy) is 1. The molecule has 0 bridgehead atoms. The summed E-state index contributed by atoms with van der Waals surface area (Å²) in [7, 11) is 0. The van der Waals surface area contributed by atoms with Crippen molar-refractivity contribution in [2.24, 2.45) is 5.92 Å². The Morgan fingerprint density at radius 3 is 3.07 bits per heavy atom. The second-order valence-electron chi connectivity index (χ2n) is 5.51. The van der Waals surface area contributed by atoms with Gasteiger partial charge in [0.15, 0.2) is 0 Å². The van der Waals surface area contributed by atoms with Gasteiger partial charge in [-0.1, -0.05) is 6.42 Å². The Bertz CT molecular complexity index is 226. The molecule has 15 heavy (non-hydrogen) atoms. The first-order valence-corrected chi connectivity index (χ1v) is 6.44. The molecule has 2 aliphatic heterocycles. The molecule has 2 saturated heterocycles. The standard InChI is InChI=1S/C12H22N2O/c1-3-10-7-13-8-12(14-11(10)4-1)5-2-6-15-9-12/h10-11,13-14H,1-9H2. The molecule has 3 unspecified atom stereocenters. The highest BCUT2D eigenvalue weighted by Gasteiger charge is 2.40. The van der Waals surface area contributed by atoms with Crippen LogP contribution in [0.1, 0.15) is 32.1 Å². The highest BCUT2D eigenvalue weighted by Crippen LogP contribution is 2.31. The zero-order valence-electron chi connectivity index (χ0n) is 9.43. The van der Waals surface area contributed by atoms with Gasteiger partial charge in [0, 0.05) is 19.2 Å². The van der Waals surface area contributed by atoms with E-state index in [4.69, 9.17) is 4.74 Å². The van der Waals surface area contributed by atoms with Gasteiger partial charge in [-0.15, -0.1) is 0 Å². The molecule has 0 aromatic carbocycles. The monoisotopic (exact) mass is 210 g/mol. The van der Waals surface area contributed by atoms with Crippen molar-refractivity contribution in [2.75, 3.05) is 26.3 Å². The molecule has 2 N–H and O–H groups in total. The Morgan fingerprint density at radius 2 is 2.20 bits per heavy atom. The van der Waals surface area contributed by atoms with Gasteiger partial charge in [-0.3, -0.25) is 0 Å². The Hall–Kier alpha value is -0.120. The van der Waals surface area contributed by atoms with Gasteiger partial charge < -0.3 is 15.4 Å². The summed E-state index contributed by atoms with van der Waals surface area (Å²) >= 11 is 0. The molecular weight excluding hydrogens is 188 g/mol. The molecule has 0 amide bonds. The molecule has 1 spiro atoms. The van der Waals surface area contributed by atoms with Gasteiger partial charge in [-0.05, 0) is 38.1 Å². The highest BCUT2D eigenvalue weighted by molar-refractivity contribution is 5.00. The summed E-state index contributed by atoms with van der Waals surface area (Å²) in [5.41, 5.74) is 0.252. The Labute approximate surface area is 91.9 Å². The average Bonchev–Trinajstić information content (AvgIpc) is 2.61. The summed E-state index contributed by atoms with van der Waals surface area (Å²) in [5.74, 6) is 0.867. The van der Waals surface area contributed by atoms with Crippen LogP contribution in [0.15, 0.2) is 0 Å². The second-order valence-corrected chi connectivity index (χ2v) is 5.51. The smallest absolute Gasteiger partial charge is 0.0660 e. The molecule has 1 saturated carbocycles. The van der Waals surface area contributed by atoms with E-state index < -0.39 is 0 Å². The number of rotatable bonds is 0. The molecule has 3 heteroatoms. The lowest BCUT2D eigenvalue weighted by Crippen LogP contribution is -2.58. The molecule has 3 fully saturated rings. The number of nitrogens with one attached hydrogen (secondary N) is 2. The fraction of sp³-hybridized carbons (Fsp3) is 1.00. The van der Waals surface area contributed by atoms with Gasteiger partial charge >= 0.3 is 0 Å². The van der Waals surface area contributed by atoms with Crippen molar-refractivity contribution in [3.8, 4) is 0 Å². The van der Waals surface area contributed by atoms with Gasteiger partial charge in [0.1, 0.15) is 0 Å². The number of hydrogen-bond donors (Lipinski definition) is 2. The van der Waals surface area contributed by atoms with Crippen LogP contribution < -0.4 is 10.6 Å². The van der Waals surface area contributed by atoms with E-state index in [-0.39, 0.29) is 5.54 Å². The van der Waals surface area contributed by atoms with Crippen LogP contribution in [0.5, 0.6) is 0 Å². The lowest BCUT2D eigenvalue weighted by Gasteiger charge is -2.39. The van der Waals surface area contributed by atoms with Crippen LogP contribution >= 0.6 is 0 Å². The predicted octanol–water partition coefficient (Wildman–Crippen LogP) is 0.897. The van der Waals surface area contributed by atoms with Crippen molar-refractivity contribution in [2.45, 2.75) is 43.7 Å². The number of fused-ring (bicyclic) bond motifs is 1. The van der Waals surface area contributed by atoms with Gasteiger partial charge in [0.05, 0.1) is 12.1 Å². The van der Waals surface area contributed by atoms with E-state index >= 15 is 0 Å².